The number of aliphatic hydroxyl groups is 1. The zero-order valence-corrected chi connectivity index (χ0v) is 10.4. The highest BCUT2D eigenvalue weighted by atomic mass is 28.3. The summed E-state index contributed by atoms with van der Waals surface area (Å²) in [6.07, 6.45) is 2.59. The van der Waals surface area contributed by atoms with Gasteiger partial charge in [-0.25, -0.2) is 0 Å². The van der Waals surface area contributed by atoms with E-state index < -0.39 is 8.07 Å². The van der Waals surface area contributed by atoms with Crippen LogP contribution in [0, 0.1) is 0 Å². The predicted molar refractivity (Wildman–Crippen MR) is 67.9 cm³/mol. The monoisotopic (exact) mass is 218 g/mol. The molecule has 0 atom stereocenters. The van der Waals surface area contributed by atoms with E-state index in [1.54, 1.807) is 0 Å². The molecule has 1 aromatic rings. The Labute approximate surface area is 92.8 Å². The Morgan fingerprint density at radius 1 is 1.27 bits per heavy atom. The van der Waals surface area contributed by atoms with Gasteiger partial charge in [0, 0.05) is 6.61 Å². The molecule has 15 heavy (non-hydrogen) atoms. The molecular weight excluding hydrogens is 200 g/mol. The van der Waals surface area contributed by atoms with Gasteiger partial charge in [-0.3, -0.25) is 0 Å². The molecule has 1 N–H and O–H groups in total. The molecule has 80 valence electrons. The Balaban J connectivity index is 2.80. The van der Waals surface area contributed by atoms with E-state index in [1.807, 2.05) is 12.1 Å². The van der Waals surface area contributed by atoms with Gasteiger partial charge in [0.15, 0.2) is 0 Å². The third kappa shape index (κ3) is 3.88. The lowest BCUT2D eigenvalue weighted by Gasteiger charge is -2.16. The second-order valence-corrected chi connectivity index (χ2v) is 8.42. The highest BCUT2D eigenvalue weighted by molar-refractivity contribution is 6.93. The third-order valence-electron chi connectivity index (χ3n) is 2.35. The number of aliphatic hydroxyl groups excluding tert-OH is 1. The molecule has 0 radical (unpaired) electrons. The first kappa shape index (κ1) is 12.0. The highest BCUT2D eigenvalue weighted by Gasteiger charge is 2.18. The van der Waals surface area contributed by atoms with Crippen molar-refractivity contribution in [1.29, 1.82) is 0 Å². The van der Waals surface area contributed by atoms with Crippen molar-refractivity contribution in [2.45, 2.75) is 19.5 Å². The van der Waals surface area contributed by atoms with Gasteiger partial charge in [-0.1, -0.05) is 48.6 Å². The summed E-state index contributed by atoms with van der Waals surface area (Å²) in [6, 6.07) is 10.6. The van der Waals surface area contributed by atoms with Crippen molar-refractivity contribution in [3.63, 3.8) is 0 Å². The lowest BCUT2D eigenvalue weighted by Crippen LogP contribution is -2.39. The van der Waals surface area contributed by atoms with Crippen LogP contribution in [0.5, 0.6) is 0 Å². The first-order chi connectivity index (χ1) is 7.17. The molecule has 0 aromatic heterocycles. The van der Waals surface area contributed by atoms with Gasteiger partial charge in [0.1, 0.15) is 8.07 Å². The molecule has 1 rings (SSSR count). The molecule has 1 aromatic carbocycles. The number of hydrogen-bond donors (Lipinski definition) is 1. The van der Waals surface area contributed by atoms with Crippen molar-refractivity contribution in [3.05, 3.63) is 47.8 Å². The lowest BCUT2D eigenvalue weighted by atomic mass is 10.4. The van der Waals surface area contributed by atoms with Gasteiger partial charge in [0.05, 0.1) is 0 Å². The average molecular weight is 218 g/mol. The van der Waals surface area contributed by atoms with Crippen LogP contribution in [-0.2, 0) is 0 Å². The van der Waals surface area contributed by atoms with Gasteiger partial charge in [0.25, 0.3) is 0 Å². The van der Waals surface area contributed by atoms with E-state index in [9.17, 15) is 0 Å². The van der Waals surface area contributed by atoms with E-state index in [0.717, 1.165) is 0 Å². The van der Waals surface area contributed by atoms with Crippen molar-refractivity contribution >= 4 is 13.3 Å². The average Bonchev–Trinajstić information content (AvgIpc) is 2.26. The second-order valence-electron chi connectivity index (χ2n) is 4.12. The number of rotatable bonds is 4. The predicted octanol–water partition coefficient (Wildman–Crippen LogP) is 2.23. The van der Waals surface area contributed by atoms with Gasteiger partial charge < -0.3 is 5.11 Å². The van der Waals surface area contributed by atoms with Crippen LogP contribution in [0.15, 0.2) is 47.8 Å². The maximum absolute atomic E-state index is 8.64. The molecule has 0 amide bonds. The summed E-state index contributed by atoms with van der Waals surface area (Å²) in [6.45, 7) is 4.79. The molecule has 0 aliphatic rings. The molecule has 0 aliphatic carbocycles. The van der Waals surface area contributed by atoms with Crippen molar-refractivity contribution < 1.29 is 5.11 Å². The molecule has 0 unspecified atom stereocenters. The SMILES string of the molecule is C[Si](C)(C=C=CCCO)c1ccccc1. The van der Waals surface area contributed by atoms with E-state index in [-0.39, 0.29) is 6.61 Å². The minimum atomic E-state index is -1.48. The summed E-state index contributed by atoms with van der Waals surface area (Å²) in [4.78, 5) is 0. The van der Waals surface area contributed by atoms with Gasteiger partial charge in [-0.05, 0) is 18.2 Å². The largest absolute Gasteiger partial charge is 0.396 e. The van der Waals surface area contributed by atoms with Crippen LogP contribution in [0.25, 0.3) is 0 Å². The molecule has 0 aliphatic heterocycles. The van der Waals surface area contributed by atoms with Crippen LogP contribution in [0.2, 0.25) is 13.1 Å². The normalized spacial score (nSPS) is 10.6. The van der Waals surface area contributed by atoms with E-state index in [1.165, 1.54) is 5.19 Å². The van der Waals surface area contributed by atoms with Crippen LogP contribution < -0.4 is 5.19 Å². The highest BCUT2D eigenvalue weighted by Crippen LogP contribution is 2.04. The maximum Gasteiger partial charge on any atom is 0.112 e. The van der Waals surface area contributed by atoms with E-state index >= 15 is 0 Å². The molecule has 2 heteroatoms. The summed E-state index contributed by atoms with van der Waals surface area (Å²) in [5, 5.41) is 10.1. The van der Waals surface area contributed by atoms with Crippen molar-refractivity contribution in [3.8, 4) is 0 Å². The van der Waals surface area contributed by atoms with E-state index in [4.69, 9.17) is 5.11 Å². The molecule has 0 saturated carbocycles. The summed E-state index contributed by atoms with van der Waals surface area (Å²) in [5.74, 6) is 0. The fourth-order valence-corrected chi connectivity index (χ4v) is 3.12. The quantitative estimate of drug-likeness (QED) is 0.607. The van der Waals surface area contributed by atoms with Crippen LogP contribution in [0.1, 0.15) is 6.42 Å². The molecule has 0 fully saturated rings. The summed E-state index contributed by atoms with van der Waals surface area (Å²) >= 11 is 0. The fourth-order valence-electron chi connectivity index (χ4n) is 1.37. The standard InChI is InChI=1S/C13H18OSi/c1-15(2,12-8-4-7-11-14)13-9-5-3-6-10-13/h3-6,9-10,12,14H,7,11H2,1-2H3. The molecule has 1 nitrogen and oxygen atoms in total. The summed E-state index contributed by atoms with van der Waals surface area (Å²) in [7, 11) is -1.48. The van der Waals surface area contributed by atoms with Gasteiger partial charge >= 0.3 is 0 Å². The first-order valence-electron chi connectivity index (χ1n) is 5.25. The van der Waals surface area contributed by atoms with E-state index in [0.29, 0.717) is 6.42 Å². The zero-order chi connectivity index (χ0) is 11.1. The molecular formula is C13H18OSi. The number of benzene rings is 1. The summed E-state index contributed by atoms with van der Waals surface area (Å²) in [5.41, 5.74) is 5.36. The van der Waals surface area contributed by atoms with Crippen molar-refractivity contribution in [2.24, 2.45) is 0 Å². The Morgan fingerprint density at radius 3 is 2.53 bits per heavy atom. The smallest absolute Gasteiger partial charge is 0.112 e. The minimum Gasteiger partial charge on any atom is -0.396 e. The minimum absolute atomic E-state index is 0.203. The lowest BCUT2D eigenvalue weighted by molar-refractivity contribution is 0.302. The Kier molecular flexibility index (Phi) is 4.57. The first-order valence-corrected chi connectivity index (χ1v) is 8.33. The molecule has 0 spiro atoms. The van der Waals surface area contributed by atoms with Gasteiger partial charge in [-0.2, -0.15) is 0 Å². The number of hydrogen-bond acceptors (Lipinski definition) is 1. The summed E-state index contributed by atoms with van der Waals surface area (Å²) < 4.78 is 0. The maximum atomic E-state index is 8.64. The third-order valence-corrected chi connectivity index (χ3v) is 5.06. The van der Waals surface area contributed by atoms with Crippen molar-refractivity contribution in [1.82, 2.24) is 0 Å². The molecule has 0 heterocycles. The molecule has 0 saturated heterocycles. The van der Waals surface area contributed by atoms with Crippen LogP contribution in [0.3, 0.4) is 0 Å². The van der Waals surface area contributed by atoms with Gasteiger partial charge in [-0.15, -0.1) is 5.73 Å². The van der Waals surface area contributed by atoms with Crippen molar-refractivity contribution in [2.75, 3.05) is 6.61 Å². The fraction of sp³-hybridized carbons (Fsp3) is 0.308. The van der Waals surface area contributed by atoms with Crippen LogP contribution in [0.4, 0.5) is 0 Å². The Hall–Kier alpha value is -1.08. The van der Waals surface area contributed by atoms with Crippen LogP contribution >= 0.6 is 0 Å². The van der Waals surface area contributed by atoms with E-state index in [2.05, 4.69) is 48.8 Å². The molecule has 0 bridgehead atoms. The topological polar surface area (TPSA) is 20.2 Å². The van der Waals surface area contributed by atoms with Crippen LogP contribution in [-0.4, -0.2) is 19.8 Å². The zero-order valence-electron chi connectivity index (χ0n) is 9.40. The second kappa shape index (κ2) is 5.71. The van der Waals surface area contributed by atoms with Gasteiger partial charge in [0.2, 0.25) is 0 Å². The Morgan fingerprint density at radius 2 is 1.93 bits per heavy atom. The Bertz CT molecular complexity index is 348.